The number of aromatic amines is 1. The van der Waals surface area contributed by atoms with Crippen LogP contribution in [0.4, 0.5) is 5.95 Å². The van der Waals surface area contributed by atoms with Crippen LogP contribution in [0.1, 0.15) is 43.0 Å². The molecule has 0 unspecified atom stereocenters. The number of nitrogens with zero attached hydrogens (tertiary/aromatic N) is 4. The minimum Gasteiger partial charge on any atom is -0.358 e. The van der Waals surface area contributed by atoms with Crippen LogP contribution < -0.4 is 5.32 Å². The molecule has 1 aromatic carbocycles. The highest BCUT2D eigenvalue weighted by Gasteiger charge is 2.24. The van der Waals surface area contributed by atoms with E-state index in [1.807, 2.05) is 6.20 Å². The lowest BCUT2D eigenvalue weighted by molar-refractivity contribution is 0.599. The summed E-state index contributed by atoms with van der Waals surface area (Å²) in [6, 6.07) is 8.77. The zero-order chi connectivity index (χ0) is 18.5. The second-order valence-corrected chi connectivity index (χ2v) is 7.86. The van der Waals surface area contributed by atoms with E-state index in [0.717, 1.165) is 30.5 Å². The van der Waals surface area contributed by atoms with Crippen molar-refractivity contribution in [3.05, 3.63) is 52.6 Å². The molecule has 6 nitrogen and oxygen atoms in total. The Morgan fingerprint density at radius 2 is 2.11 bits per heavy atom. The number of fused-ring (bicyclic) bond motifs is 4. The van der Waals surface area contributed by atoms with Crippen LogP contribution in [0.3, 0.4) is 0 Å². The molecule has 0 amide bonds. The van der Waals surface area contributed by atoms with Gasteiger partial charge in [0, 0.05) is 28.2 Å². The zero-order valence-corrected chi connectivity index (χ0v) is 16.1. The van der Waals surface area contributed by atoms with Gasteiger partial charge in [-0.15, -0.1) is 0 Å². The molecule has 4 aromatic rings. The van der Waals surface area contributed by atoms with Gasteiger partial charge >= 0.3 is 0 Å². The van der Waals surface area contributed by atoms with Gasteiger partial charge in [-0.3, -0.25) is 0 Å². The first-order valence-corrected chi connectivity index (χ1v) is 9.74. The van der Waals surface area contributed by atoms with Crippen LogP contribution in [0.25, 0.3) is 16.6 Å². The van der Waals surface area contributed by atoms with E-state index in [-0.39, 0.29) is 11.3 Å². The second kappa shape index (κ2) is 6.23. The van der Waals surface area contributed by atoms with Gasteiger partial charge in [-0.1, -0.05) is 32.0 Å². The van der Waals surface area contributed by atoms with Crippen LogP contribution in [0.2, 0.25) is 5.28 Å². The van der Waals surface area contributed by atoms with Crippen molar-refractivity contribution in [2.75, 3.05) is 5.32 Å². The van der Waals surface area contributed by atoms with Crippen molar-refractivity contribution in [3.8, 4) is 0 Å². The summed E-state index contributed by atoms with van der Waals surface area (Å²) in [5, 5.41) is 9.62. The molecule has 0 aliphatic heterocycles. The molecule has 3 aromatic heterocycles. The maximum absolute atomic E-state index is 6.21. The van der Waals surface area contributed by atoms with Gasteiger partial charge in [0.1, 0.15) is 0 Å². The molecular weight excluding hydrogens is 360 g/mol. The summed E-state index contributed by atoms with van der Waals surface area (Å²) in [6.45, 7) is 4.25. The monoisotopic (exact) mass is 380 g/mol. The maximum atomic E-state index is 6.21. The number of H-pyrrole nitrogens is 1. The first-order chi connectivity index (χ1) is 13.1. The number of aryl methyl sites for hydroxylation is 1. The third kappa shape index (κ3) is 2.75. The molecule has 3 heterocycles. The van der Waals surface area contributed by atoms with E-state index in [4.69, 9.17) is 11.6 Å². The SMILES string of the molecule is CC(C)c1cnn2c(N[C@@H]3CCc4[nH]c5ccccc5c4C3)nc(Cl)nc12. The van der Waals surface area contributed by atoms with Gasteiger partial charge in [-0.25, -0.2) is 0 Å². The lowest BCUT2D eigenvalue weighted by atomic mass is 9.91. The van der Waals surface area contributed by atoms with Gasteiger partial charge in [0.2, 0.25) is 11.2 Å². The highest BCUT2D eigenvalue weighted by Crippen LogP contribution is 2.30. The third-order valence-corrected chi connectivity index (χ3v) is 5.59. The number of hydrogen-bond acceptors (Lipinski definition) is 4. The van der Waals surface area contributed by atoms with E-state index >= 15 is 0 Å². The van der Waals surface area contributed by atoms with E-state index in [0.29, 0.717) is 11.9 Å². The Labute approximate surface area is 162 Å². The fourth-order valence-electron chi connectivity index (χ4n) is 4.04. The van der Waals surface area contributed by atoms with Crippen molar-refractivity contribution in [3.63, 3.8) is 0 Å². The number of para-hydroxylation sites is 1. The molecular formula is C20H21ClN6. The van der Waals surface area contributed by atoms with Gasteiger partial charge in [0.25, 0.3) is 0 Å². The Kier molecular flexibility index (Phi) is 3.82. The number of anilines is 1. The summed E-state index contributed by atoms with van der Waals surface area (Å²) in [4.78, 5) is 12.4. The van der Waals surface area contributed by atoms with Crippen molar-refractivity contribution in [2.24, 2.45) is 0 Å². The molecule has 0 radical (unpaired) electrons. The number of rotatable bonds is 3. The molecule has 0 bridgehead atoms. The highest BCUT2D eigenvalue weighted by molar-refractivity contribution is 6.28. The van der Waals surface area contributed by atoms with E-state index in [1.54, 1.807) is 4.52 Å². The summed E-state index contributed by atoms with van der Waals surface area (Å²) >= 11 is 6.21. The Balaban J connectivity index is 1.49. The Morgan fingerprint density at radius 1 is 1.26 bits per heavy atom. The van der Waals surface area contributed by atoms with Crippen LogP contribution in [-0.2, 0) is 12.8 Å². The predicted molar refractivity (Wildman–Crippen MR) is 108 cm³/mol. The summed E-state index contributed by atoms with van der Waals surface area (Å²) in [7, 11) is 0. The number of aromatic nitrogens is 5. The quantitative estimate of drug-likeness (QED) is 0.554. The van der Waals surface area contributed by atoms with E-state index < -0.39 is 0 Å². The van der Waals surface area contributed by atoms with Crippen LogP contribution >= 0.6 is 11.6 Å². The summed E-state index contributed by atoms with van der Waals surface area (Å²) in [5.74, 6) is 0.981. The summed E-state index contributed by atoms with van der Waals surface area (Å²) < 4.78 is 1.77. The van der Waals surface area contributed by atoms with Gasteiger partial charge in [-0.2, -0.15) is 19.6 Å². The molecule has 0 spiro atoms. The Bertz CT molecular complexity index is 1140. The van der Waals surface area contributed by atoms with Crippen molar-refractivity contribution in [1.29, 1.82) is 0 Å². The van der Waals surface area contributed by atoms with Gasteiger partial charge in [0.05, 0.1) is 6.20 Å². The van der Waals surface area contributed by atoms with Crippen molar-refractivity contribution in [1.82, 2.24) is 24.6 Å². The van der Waals surface area contributed by atoms with Crippen molar-refractivity contribution in [2.45, 2.75) is 45.1 Å². The molecule has 1 aliphatic rings. The van der Waals surface area contributed by atoms with Crippen molar-refractivity contribution >= 4 is 34.1 Å². The fourth-order valence-corrected chi connectivity index (χ4v) is 4.20. The molecule has 7 heteroatoms. The maximum Gasteiger partial charge on any atom is 0.228 e. The smallest absolute Gasteiger partial charge is 0.228 e. The molecule has 0 saturated carbocycles. The van der Waals surface area contributed by atoms with E-state index in [1.165, 1.54) is 22.2 Å². The summed E-state index contributed by atoms with van der Waals surface area (Å²) in [6.07, 6.45) is 4.84. The minimum absolute atomic E-state index is 0.246. The minimum atomic E-state index is 0.246. The average molecular weight is 381 g/mol. The molecule has 2 N–H and O–H groups in total. The van der Waals surface area contributed by atoms with Gasteiger partial charge in [-0.05, 0) is 48.4 Å². The molecule has 0 saturated heterocycles. The number of halogens is 1. The topological polar surface area (TPSA) is 70.9 Å². The van der Waals surface area contributed by atoms with Crippen LogP contribution in [0.5, 0.6) is 0 Å². The predicted octanol–water partition coefficient (Wildman–Crippen LogP) is 4.35. The molecule has 1 aliphatic carbocycles. The van der Waals surface area contributed by atoms with E-state index in [9.17, 15) is 0 Å². The van der Waals surface area contributed by atoms with E-state index in [2.05, 4.69) is 63.5 Å². The summed E-state index contributed by atoms with van der Waals surface area (Å²) in [5.41, 5.74) is 5.81. The molecule has 1 atom stereocenters. The molecule has 5 rings (SSSR count). The standard InChI is InChI=1S/C20H21ClN6/c1-11(2)15-10-22-27-18(15)25-19(21)26-20(27)23-12-7-8-17-14(9-12)13-5-3-4-6-16(13)24-17/h3-6,10-12,24H,7-9H2,1-2H3,(H,23,25,26)/t12-/m1/s1. The van der Waals surface area contributed by atoms with Crippen LogP contribution in [0.15, 0.2) is 30.5 Å². The number of hydrogen-bond donors (Lipinski definition) is 2. The molecule has 0 fully saturated rings. The molecule has 27 heavy (non-hydrogen) atoms. The zero-order valence-electron chi connectivity index (χ0n) is 15.3. The normalized spacial score (nSPS) is 17.0. The highest BCUT2D eigenvalue weighted by atomic mass is 35.5. The first-order valence-electron chi connectivity index (χ1n) is 9.36. The lowest BCUT2D eigenvalue weighted by Gasteiger charge is -2.24. The van der Waals surface area contributed by atoms with Gasteiger partial charge in [0.15, 0.2) is 5.65 Å². The lowest BCUT2D eigenvalue weighted by Crippen LogP contribution is -2.28. The van der Waals surface area contributed by atoms with Crippen molar-refractivity contribution < 1.29 is 0 Å². The molecule has 138 valence electrons. The van der Waals surface area contributed by atoms with Gasteiger partial charge < -0.3 is 10.3 Å². The number of benzene rings is 1. The second-order valence-electron chi connectivity index (χ2n) is 7.52. The first kappa shape index (κ1) is 16.6. The number of nitrogens with one attached hydrogen (secondary N) is 2. The average Bonchev–Trinajstić information content (AvgIpc) is 3.23. The Hall–Kier alpha value is -2.60. The Morgan fingerprint density at radius 3 is 2.96 bits per heavy atom. The van der Waals surface area contributed by atoms with Crippen LogP contribution in [-0.4, -0.2) is 30.6 Å². The third-order valence-electron chi connectivity index (χ3n) is 5.42. The largest absolute Gasteiger partial charge is 0.358 e. The fraction of sp³-hybridized carbons (Fsp3) is 0.350. The van der Waals surface area contributed by atoms with Crippen LogP contribution in [0, 0.1) is 0 Å².